The molecule has 14 nitrogen and oxygen atoms in total. The van der Waals surface area contributed by atoms with Crippen molar-refractivity contribution < 1.29 is 50.5 Å². The van der Waals surface area contributed by atoms with Crippen molar-refractivity contribution in [2.45, 2.75) is 77.0 Å². The molecule has 2 heterocycles. The summed E-state index contributed by atoms with van der Waals surface area (Å²) >= 11 is 12.4. The lowest BCUT2D eigenvalue weighted by Gasteiger charge is -2.40. The van der Waals surface area contributed by atoms with Gasteiger partial charge in [0.15, 0.2) is 17.5 Å². The first-order valence-electron chi connectivity index (χ1n) is 24.2. The van der Waals surface area contributed by atoms with Crippen LogP contribution in [-0.2, 0) is 15.1 Å². The monoisotopic (exact) mass is 1090 g/mol. The van der Waals surface area contributed by atoms with Crippen molar-refractivity contribution in [1.29, 1.82) is 5.26 Å². The molecule has 0 unspecified atom stereocenters. The molecule has 1 aliphatic heterocycles. The van der Waals surface area contributed by atoms with Crippen LogP contribution in [0.3, 0.4) is 0 Å². The zero-order valence-corrected chi connectivity index (χ0v) is 43.4. The Morgan fingerprint density at radius 1 is 0.855 bits per heavy atom. The van der Waals surface area contributed by atoms with Crippen molar-refractivity contribution in [3.05, 3.63) is 148 Å². The minimum absolute atomic E-state index is 0.0828. The van der Waals surface area contributed by atoms with Gasteiger partial charge in [-0.15, -0.1) is 13.2 Å². The third kappa shape index (κ3) is 14.4. The molecular weight excluding hydrogens is 1030 g/mol. The van der Waals surface area contributed by atoms with E-state index in [1.165, 1.54) is 91.1 Å². The zero-order valence-electron chi connectivity index (χ0n) is 41.9. The van der Waals surface area contributed by atoms with E-state index < -0.39 is 47.1 Å². The minimum Gasteiger partial charge on any atom is -0.495 e. The van der Waals surface area contributed by atoms with Gasteiger partial charge in [0.1, 0.15) is 35.2 Å². The molecule has 7 rings (SSSR count). The molecule has 0 radical (unpaired) electrons. The van der Waals surface area contributed by atoms with Gasteiger partial charge in [-0.25, -0.2) is 18.7 Å². The molecule has 5 aromatic carbocycles. The highest BCUT2D eigenvalue weighted by atomic mass is 35.5. The number of aromatic nitrogens is 2. The largest absolute Gasteiger partial charge is 0.573 e. The number of nitrogens with one attached hydrogen (secondary N) is 4. The van der Waals surface area contributed by atoms with Gasteiger partial charge < -0.3 is 39.8 Å². The van der Waals surface area contributed by atoms with E-state index in [0.717, 1.165) is 24.5 Å². The molecule has 6 aromatic rings. The van der Waals surface area contributed by atoms with Crippen LogP contribution in [0, 0.1) is 28.4 Å². The Morgan fingerprint density at radius 3 is 2.30 bits per heavy atom. The first kappa shape index (κ1) is 56.5. The van der Waals surface area contributed by atoms with E-state index in [9.17, 15) is 28.0 Å². The Hall–Kier alpha value is -7.24. The van der Waals surface area contributed by atoms with Gasteiger partial charge in [0, 0.05) is 53.2 Å². The summed E-state index contributed by atoms with van der Waals surface area (Å²) in [5.41, 5.74) is -0.439. The smallest absolute Gasteiger partial charge is 0.495 e. The normalized spacial score (nSPS) is 16.4. The quantitative estimate of drug-likeness (QED) is 0.0375. The minimum atomic E-state index is -4.78. The third-order valence-electron chi connectivity index (χ3n) is 12.1. The van der Waals surface area contributed by atoms with E-state index in [0.29, 0.717) is 62.2 Å². The van der Waals surface area contributed by atoms with Crippen LogP contribution in [0.4, 0.5) is 44.8 Å². The highest BCUT2D eigenvalue weighted by molar-refractivity contribution is 6.31. The van der Waals surface area contributed by atoms with E-state index in [-0.39, 0.29) is 56.4 Å². The van der Waals surface area contributed by atoms with E-state index in [1.54, 1.807) is 6.07 Å². The molecule has 0 aliphatic carbocycles. The lowest BCUT2D eigenvalue weighted by atomic mass is 9.76. The van der Waals surface area contributed by atoms with Crippen LogP contribution in [0.2, 0.25) is 10.0 Å². The van der Waals surface area contributed by atoms with Crippen LogP contribution in [-0.4, -0.2) is 73.8 Å². The average molecular weight is 1090 g/mol. The number of rotatable bonds is 22. The van der Waals surface area contributed by atoms with E-state index in [1.807, 2.05) is 45.0 Å². The first-order valence-corrected chi connectivity index (χ1v) is 24.9. The fourth-order valence-corrected chi connectivity index (χ4v) is 9.00. The average Bonchev–Trinajstić information content (AvgIpc) is 3.70. The number of carbonyl (C=O) groups excluding carboxylic acids is 2. The number of alkyl halides is 3. The summed E-state index contributed by atoms with van der Waals surface area (Å²) in [4.78, 5) is 37.5. The highest BCUT2D eigenvalue weighted by Crippen LogP contribution is 2.48. The van der Waals surface area contributed by atoms with E-state index in [2.05, 4.69) is 42.0 Å². The van der Waals surface area contributed by atoms with Crippen molar-refractivity contribution in [1.82, 2.24) is 20.6 Å². The van der Waals surface area contributed by atoms with Crippen molar-refractivity contribution in [3.8, 4) is 34.6 Å². The first-order chi connectivity index (χ1) is 36.3. The molecule has 76 heavy (non-hydrogen) atoms. The summed E-state index contributed by atoms with van der Waals surface area (Å²) < 4.78 is 91.0. The summed E-state index contributed by atoms with van der Waals surface area (Å²) in [6, 6.07) is 28.3. The number of benzene rings is 5. The summed E-state index contributed by atoms with van der Waals surface area (Å²) in [6.45, 7) is 7.63. The van der Waals surface area contributed by atoms with E-state index >= 15 is 8.78 Å². The second-order valence-corrected chi connectivity index (χ2v) is 19.7. The third-order valence-corrected chi connectivity index (χ3v) is 12.6. The Morgan fingerprint density at radius 2 is 1.59 bits per heavy atom. The molecule has 1 saturated heterocycles. The van der Waals surface area contributed by atoms with Gasteiger partial charge in [0.05, 0.1) is 47.9 Å². The number of halogens is 7. The van der Waals surface area contributed by atoms with Crippen molar-refractivity contribution in [2.24, 2.45) is 5.41 Å². The van der Waals surface area contributed by atoms with Crippen LogP contribution in [0.5, 0.6) is 17.2 Å². The standard InChI is InChI=1S/C55H55Cl2F5N8O6/c1-53(2,3)31-47-54(32-63,40-21-16-36(56)29-42(40)58)70(45-14-10-13-41(57)49(45)59)50(69-47)52(72)68-43-22-15-35(28-46(43)73-4)51(71)64-23-5-6-24-74-25-7-8-26-75-39-12-9-11-34(27-39)44-30-48(66-33-65-44)67-37-17-19-38(20-18-37)76-55(60,61)62/h9-22,27-30,33,47,50,69H,5-8,23-26,31H2,1-4H3,(H,64,71)(H,68,72)(H,65,66,67)/t47-,50+,54-/m0/s1. The molecule has 21 heteroatoms. The van der Waals surface area contributed by atoms with Crippen LogP contribution < -0.4 is 40.4 Å². The van der Waals surface area contributed by atoms with Crippen LogP contribution >= 0.6 is 23.2 Å². The Bertz CT molecular complexity index is 3030. The molecule has 4 N–H and O–H groups in total. The number of unbranched alkanes of at least 4 members (excludes halogenated alkanes) is 2. The topological polar surface area (TPSA) is 172 Å². The second-order valence-electron chi connectivity index (χ2n) is 18.9. The summed E-state index contributed by atoms with van der Waals surface area (Å²) in [6.07, 6.45) is -1.76. The predicted molar refractivity (Wildman–Crippen MR) is 280 cm³/mol. The molecule has 0 saturated carbocycles. The number of nitriles is 1. The maximum absolute atomic E-state index is 16.1. The fraction of sp³-hybridized carbons (Fsp3) is 0.327. The number of hydrogen-bond acceptors (Lipinski definition) is 12. The second kappa shape index (κ2) is 25.1. The van der Waals surface area contributed by atoms with Crippen molar-refractivity contribution in [2.75, 3.05) is 49.0 Å². The summed E-state index contributed by atoms with van der Waals surface area (Å²) in [5, 5.41) is 22.9. The van der Waals surface area contributed by atoms with Gasteiger partial charge in [-0.3, -0.25) is 14.9 Å². The molecule has 1 aliphatic rings. The summed E-state index contributed by atoms with van der Waals surface area (Å²) in [5.74, 6) is -1.94. The molecule has 400 valence electrons. The van der Waals surface area contributed by atoms with Gasteiger partial charge in [0.2, 0.25) is 0 Å². The summed E-state index contributed by atoms with van der Waals surface area (Å²) in [7, 11) is 1.38. The Labute approximate surface area is 446 Å². The molecule has 0 spiro atoms. The van der Waals surface area contributed by atoms with Crippen LogP contribution in [0.1, 0.15) is 68.8 Å². The lowest BCUT2D eigenvalue weighted by molar-refractivity contribution is -0.274. The van der Waals surface area contributed by atoms with Gasteiger partial charge in [-0.1, -0.05) is 68.2 Å². The lowest BCUT2D eigenvalue weighted by Crippen LogP contribution is -2.53. The van der Waals surface area contributed by atoms with Crippen molar-refractivity contribution >= 4 is 57.9 Å². The molecule has 1 fully saturated rings. The SMILES string of the molecule is COc1cc(C(=O)NCCCCOCCCCOc2cccc(-c3cc(Nc4ccc(OC(F)(F)F)cc4)ncn3)c2)ccc1NC(=O)[C@@H]1N[C@@H](CC(C)(C)C)[C@](C#N)(c2ccc(Cl)cc2F)N1c1cccc(Cl)c1F. The van der Waals surface area contributed by atoms with Gasteiger partial charge in [-0.05, 0) is 116 Å². The number of hydrogen-bond donors (Lipinski definition) is 4. The van der Waals surface area contributed by atoms with E-state index in [4.69, 9.17) is 37.4 Å². The van der Waals surface area contributed by atoms with Gasteiger partial charge in [-0.2, -0.15) is 5.26 Å². The molecule has 2 amide bonds. The maximum Gasteiger partial charge on any atom is 0.573 e. The van der Waals surface area contributed by atoms with Gasteiger partial charge in [0.25, 0.3) is 11.8 Å². The molecular formula is C55H55Cl2F5N8O6. The van der Waals surface area contributed by atoms with Crippen LogP contribution in [0.15, 0.2) is 116 Å². The molecule has 3 atom stereocenters. The van der Waals surface area contributed by atoms with Gasteiger partial charge >= 0.3 is 6.36 Å². The number of methoxy groups -OCH3 is 1. The predicted octanol–water partition coefficient (Wildman–Crippen LogP) is 12.4. The number of nitrogens with zero attached hydrogens (tertiary/aromatic N) is 4. The van der Waals surface area contributed by atoms with Crippen LogP contribution in [0.25, 0.3) is 11.3 Å². The zero-order chi connectivity index (χ0) is 54.6. The number of ether oxygens (including phenoxy) is 4. The fourth-order valence-electron chi connectivity index (χ4n) is 8.67. The highest BCUT2D eigenvalue weighted by Gasteiger charge is 2.59. The van der Waals surface area contributed by atoms with Crippen molar-refractivity contribution in [3.63, 3.8) is 0 Å². The number of carbonyl (C=O) groups is 2. The molecule has 0 bridgehead atoms. The Balaban J connectivity index is 0.863. The number of amides is 2. The number of anilines is 4. The Kier molecular flexibility index (Phi) is 18.6. The molecule has 1 aromatic heterocycles. The maximum atomic E-state index is 16.1.